The molecule has 27 heavy (non-hydrogen) atoms. The van der Waals surface area contributed by atoms with Gasteiger partial charge in [0.2, 0.25) is 5.91 Å². The predicted octanol–water partition coefficient (Wildman–Crippen LogP) is 5.19. The molecule has 1 saturated heterocycles. The van der Waals surface area contributed by atoms with Crippen molar-refractivity contribution in [3.8, 4) is 0 Å². The van der Waals surface area contributed by atoms with Gasteiger partial charge < -0.3 is 4.90 Å². The predicted molar refractivity (Wildman–Crippen MR) is 103 cm³/mol. The second-order valence-electron chi connectivity index (χ2n) is 9.30. The van der Waals surface area contributed by atoms with Crippen molar-refractivity contribution >= 4 is 17.7 Å². The zero-order chi connectivity index (χ0) is 18.6. The SMILES string of the molecule is O=C(N1CCS[C@H](c2cc(F)ccc2F)CC1)C12CC3CC(CC(C3)C1)C2. The molecule has 146 valence electrons. The molecule has 5 heteroatoms. The molecule has 4 bridgehead atoms. The Kier molecular flexibility index (Phi) is 4.49. The number of amides is 1. The Morgan fingerprint density at radius 2 is 1.70 bits per heavy atom. The molecule has 0 spiro atoms. The topological polar surface area (TPSA) is 20.3 Å². The molecule has 0 radical (unpaired) electrons. The van der Waals surface area contributed by atoms with Crippen molar-refractivity contribution in [1.29, 1.82) is 0 Å². The van der Waals surface area contributed by atoms with Crippen molar-refractivity contribution in [2.24, 2.45) is 23.2 Å². The first-order chi connectivity index (χ1) is 13.0. The number of rotatable bonds is 2. The van der Waals surface area contributed by atoms with Crippen LogP contribution in [0.5, 0.6) is 0 Å². The van der Waals surface area contributed by atoms with E-state index in [-0.39, 0.29) is 16.5 Å². The monoisotopic (exact) mass is 391 g/mol. The average molecular weight is 392 g/mol. The number of hydrogen-bond acceptors (Lipinski definition) is 2. The van der Waals surface area contributed by atoms with E-state index in [2.05, 4.69) is 4.90 Å². The van der Waals surface area contributed by atoms with Crippen molar-refractivity contribution in [3.05, 3.63) is 35.4 Å². The summed E-state index contributed by atoms with van der Waals surface area (Å²) in [7, 11) is 0. The first-order valence-electron chi connectivity index (χ1n) is 10.4. The van der Waals surface area contributed by atoms with E-state index in [1.54, 1.807) is 11.8 Å². The van der Waals surface area contributed by atoms with Crippen LogP contribution < -0.4 is 0 Å². The maximum Gasteiger partial charge on any atom is 0.228 e. The Morgan fingerprint density at radius 1 is 1.04 bits per heavy atom. The van der Waals surface area contributed by atoms with Crippen LogP contribution in [-0.4, -0.2) is 29.6 Å². The van der Waals surface area contributed by atoms with E-state index in [0.29, 0.717) is 24.4 Å². The second kappa shape index (κ2) is 6.75. The lowest BCUT2D eigenvalue weighted by Gasteiger charge is -2.56. The third-order valence-corrected chi connectivity index (χ3v) is 8.74. The summed E-state index contributed by atoms with van der Waals surface area (Å²) >= 11 is 1.66. The Labute approximate surface area is 164 Å². The number of nitrogens with zero attached hydrogens (tertiary/aromatic N) is 1. The van der Waals surface area contributed by atoms with Crippen LogP contribution in [0.3, 0.4) is 0 Å². The molecule has 6 rings (SSSR count). The van der Waals surface area contributed by atoms with Crippen LogP contribution >= 0.6 is 11.8 Å². The van der Waals surface area contributed by atoms with E-state index in [9.17, 15) is 13.6 Å². The second-order valence-corrected chi connectivity index (χ2v) is 10.6. The summed E-state index contributed by atoms with van der Waals surface area (Å²) < 4.78 is 27.8. The standard InChI is InChI=1S/C22H27F2NOS/c23-17-1-2-19(24)18(10-17)20-3-4-25(5-6-27-20)21(26)22-11-14-7-15(12-22)9-16(8-14)13-22/h1-2,10,14-16,20H,3-9,11-13H2/t14?,15?,16?,20-,22?/m0/s1. The molecular formula is C22H27F2NOS. The van der Waals surface area contributed by atoms with Gasteiger partial charge in [0.25, 0.3) is 0 Å². The summed E-state index contributed by atoms with van der Waals surface area (Å²) in [5.41, 5.74) is 0.340. The van der Waals surface area contributed by atoms with Gasteiger partial charge in [0.15, 0.2) is 0 Å². The highest BCUT2D eigenvalue weighted by atomic mass is 32.2. The van der Waals surface area contributed by atoms with Crippen LogP contribution in [0.1, 0.15) is 55.8 Å². The van der Waals surface area contributed by atoms with Gasteiger partial charge in [-0.25, -0.2) is 8.78 Å². The van der Waals surface area contributed by atoms with Crippen molar-refractivity contribution in [1.82, 2.24) is 4.90 Å². The molecular weight excluding hydrogens is 364 g/mol. The molecule has 1 aromatic carbocycles. The highest BCUT2D eigenvalue weighted by molar-refractivity contribution is 7.99. The lowest BCUT2D eigenvalue weighted by Crippen LogP contribution is -2.54. The van der Waals surface area contributed by atoms with Crippen LogP contribution in [-0.2, 0) is 4.79 Å². The molecule has 4 aliphatic carbocycles. The van der Waals surface area contributed by atoms with E-state index in [1.807, 2.05) is 0 Å². The number of halogens is 2. The van der Waals surface area contributed by atoms with Crippen molar-refractivity contribution in [3.63, 3.8) is 0 Å². The van der Waals surface area contributed by atoms with Gasteiger partial charge in [0.1, 0.15) is 11.6 Å². The summed E-state index contributed by atoms with van der Waals surface area (Å²) in [4.78, 5) is 15.6. The van der Waals surface area contributed by atoms with Gasteiger partial charge in [-0.2, -0.15) is 11.8 Å². The molecule has 1 aromatic rings. The average Bonchev–Trinajstić information content (AvgIpc) is 2.88. The minimum atomic E-state index is -0.391. The van der Waals surface area contributed by atoms with E-state index < -0.39 is 5.82 Å². The minimum absolute atomic E-state index is 0.0742. The van der Waals surface area contributed by atoms with Crippen LogP contribution in [0.4, 0.5) is 8.78 Å². The normalized spacial score (nSPS) is 38.1. The zero-order valence-electron chi connectivity index (χ0n) is 15.6. The fraction of sp³-hybridized carbons (Fsp3) is 0.682. The fourth-order valence-electron chi connectivity index (χ4n) is 6.69. The summed E-state index contributed by atoms with van der Waals surface area (Å²) in [5.74, 6) is 2.70. The Morgan fingerprint density at radius 3 is 2.37 bits per heavy atom. The lowest BCUT2D eigenvalue weighted by molar-refractivity contribution is -0.157. The lowest BCUT2D eigenvalue weighted by atomic mass is 9.49. The molecule has 2 nitrogen and oxygen atoms in total. The Bertz CT molecular complexity index is 717. The summed E-state index contributed by atoms with van der Waals surface area (Å²) in [6.45, 7) is 1.40. The number of carbonyl (C=O) groups is 1. The molecule has 1 aliphatic heterocycles. The van der Waals surface area contributed by atoms with Gasteiger partial charge >= 0.3 is 0 Å². The van der Waals surface area contributed by atoms with Crippen molar-refractivity contribution in [2.45, 2.75) is 50.2 Å². The van der Waals surface area contributed by atoms with E-state index in [0.717, 1.165) is 49.3 Å². The van der Waals surface area contributed by atoms with Crippen molar-refractivity contribution < 1.29 is 13.6 Å². The summed E-state index contributed by atoms with van der Waals surface area (Å²) in [6.07, 6.45) is 7.97. The first kappa shape index (κ1) is 18.0. The van der Waals surface area contributed by atoms with Gasteiger partial charge in [-0.15, -0.1) is 0 Å². The maximum absolute atomic E-state index is 14.2. The summed E-state index contributed by atoms with van der Waals surface area (Å²) in [6, 6.07) is 3.71. The number of benzene rings is 1. The molecule has 0 aromatic heterocycles. The molecule has 5 fully saturated rings. The smallest absolute Gasteiger partial charge is 0.228 e. The minimum Gasteiger partial charge on any atom is -0.341 e. The maximum atomic E-state index is 14.2. The largest absolute Gasteiger partial charge is 0.341 e. The van der Waals surface area contributed by atoms with Crippen LogP contribution in [0.25, 0.3) is 0 Å². The Balaban J connectivity index is 1.31. The van der Waals surface area contributed by atoms with Gasteiger partial charge in [-0.1, -0.05) is 0 Å². The van der Waals surface area contributed by atoms with Crippen LogP contribution in [0, 0.1) is 34.8 Å². The van der Waals surface area contributed by atoms with E-state index in [4.69, 9.17) is 0 Å². The highest BCUT2D eigenvalue weighted by Crippen LogP contribution is 2.60. The molecule has 4 saturated carbocycles. The molecule has 1 amide bonds. The quantitative estimate of drug-likeness (QED) is 0.692. The third kappa shape index (κ3) is 3.20. The molecule has 0 N–H and O–H groups in total. The number of hydrogen-bond donors (Lipinski definition) is 0. The molecule has 1 atom stereocenters. The summed E-state index contributed by atoms with van der Waals surface area (Å²) in [5, 5.41) is -0.0742. The fourth-order valence-corrected chi connectivity index (χ4v) is 7.93. The van der Waals surface area contributed by atoms with Gasteiger partial charge in [-0.3, -0.25) is 4.79 Å². The third-order valence-electron chi connectivity index (χ3n) is 7.43. The van der Waals surface area contributed by atoms with E-state index in [1.165, 1.54) is 37.5 Å². The van der Waals surface area contributed by atoms with Crippen molar-refractivity contribution in [2.75, 3.05) is 18.8 Å². The molecule has 0 unspecified atom stereocenters. The molecule has 1 heterocycles. The van der Waals surface area contributed by atoms with E-state index >= 15 is 0 Å². The number of thioether (sulfide) groups is 1. The molecule has 5 aliphatic rings. The zero-order valence-corrected chi connectivity index (χ0v) is 16.4. The van der Waals surface area contributed by atoms with Crippen LogP contribution in [0.15, 0.2) is 18.2 Å². The first-order valence-corrected chi connectivity index (χ1v) is 11.4. The Hall–Kier alpha value is -1.10. The van der Waals surface area contributed by atoms with Gasteiger partial charge in [-0.05, 0) is 80.9 Å². The number of carbonyl (C=O) groups excluding carboxylic acids is 1. The van der Waals surface area contributed by atoms with Gasteiger partial charge in [0.05, 0.1) is 5.41 Å². The van der Waals surface area contributed by atoms with Gasteiger partial charge in [0, 0.05) is 29.7 Å². The van der Waals surface area contributed by atoms with Crippen LogP contribution in [0.2, 0.25) is 0 Å². The highest BCUT2D eigenvalue weighted by Gasteiger charge is 2.55.